The van der Waals surface area contributed by atoms with E-state index in [-0.39, 0.29) is 57.5 Å². The topological polar surface area (TPSA) is 643 Å². The third-order valence-electron chi connectivity index (χ3n) is 17.2. The molecule has 0 saturated carbocycles. The molecule has 39 heteroatoms. The summed E-state index contributed by atoms with van der Waals surface area (Å²) < 4.78 is 0. The number of aliphatic carboxylic acids is 5. The highest BCUT2D eigenvalue weighted by Crippen LogP contribution is 2.16. The van der Waals surface area contributed by atoms with Crippen molar-refractivity contribution in [1.29, 1.82) is 0 Å². The van der Waals surface area contributed by atoms with Crippen molar-refractivity contribution < 1.29 is 112 Å². The van der Waals surface area contributed by atoms with Gasteiger partial charge in [-0.05, 0) is 135 Å². The van der Waals surface area contributed by atoms with Crippen molar-refractivity contribution in [2.75, 3.05) is 13.1 Å². The van der Waals surface area contributed by atoms with Crippen molar-refractivity contribution in [2.45, 2.75) is 277 Å². The third-order valence-corrected chi connectivity index (χ3v) is 17.2. The van der Waals surface area contributed by atoms with Crippen LogP contribution < -0.4 is 86.3 Å². The Morgan fingerprint density at radius 1 is 0.292 bits per heavy atom. The Labute approximate surface area is 616 Å². The van der Waals surface area contributed by atoms with Crippen LogP contribution in [0.1, 0.15) is 192 Å². The molecule has 0 radical (unpaired) electrons. The lowest BCUT2D eigenvalue weighted by atomic mass is 9.95. The molecule has 39 nitrogen and oxygen atoms in total. The van der Waals surface area contributed by atoms with Crippen molar-refractivity contribution >= 4 is 107 Å². The van der Waals surface area contributed by atoms with Gasteiger partial charge in [-0.15, -0.1) is 0 Å². The fraction of sp³-hybridized carbons (Fsp3) is 0.731. The maximum absolute atomic E-state index is 14.3. The van der Waals surface area contributed by atoms with Crippen molar-refractivity contribution in [2.24, 2.45) is 40.9 Å². The average molecular weight is 1510 g/mol. The smallest absolute Gasteiger partial charge is 0.326 e. The third kappa shape index (κ3) is 37.4. The minimum Gasteiger partial charge on any atom is -0.481 e. The molecule has 602 valence electrons. The number of carboxylic acids is 5. The zero-order valence-electron chi connectivity index (χ0n) is 62.6. The molecular weight excluding hydrogens is 1400 g/mol. The predicted octanol–water partition coefficient (Wildman–Crippen LogP) is -3.71. The summed E-state index contributed by atoms with van der Waals surface area (Å²) in [6.07, 6.45) is -2.89. The number of carbonyl (C=O) groups is 18. The molecule has 0 aliphatic heterocycles. The number of nitrogens with two attached hydrogens (primary N) is 3. The summed E-state index contributed by atoms with van der Waals surface area (Å²) in [5.74, 6) is -21.5. The van der Waals surface area contributed by atoms with Gasteiger partial charge in [0.05, 0.1) is 6.04 Å². The van der Waals surface area contributed by atoms with Crippen molar-refractivity contribution in [3.63, 3.8) is 0 Å². The van der Waals surface area contributed by atoms with Crippen LogP contribution in [0.3, 0.4) is 0 Å². The fourth-order valence-electron chi connectivity index (χ4n) is 10.2. The molecule has 0 aromatic carbocycles. The number of carboxylic acid groups (broad SMARTS) is 5. The Morgan fingerprint density at radius 2 is 0.538 bits per heavy atom. The molecule has 0 heterocycles. The van der Waals surface area contributed by atoms with Crippen LogP contribution in [0.4, 0.5) is 0 Å². The lowest BCUT2D eigenvalue weighted by Crippen LogP contribution is -2.62. The summed E-state index contributed by atoms with van der Waals surface area (Å²) in [6.45, 7) is 18.5. The summed E-state index contributed by atoms with van der Waals surface area (Å²) in [7, 11) is 0. The summed E-state index contributed by atoms with van der Waals surface area (Å²) in [4.78, 5) is 237. The molecule has 0 fully saturated rings. The van der Waals surface area contributed by atoms with E-state index >= 15 is 0 Å². The van der Waals surface area contributed by atoms with E-state index in [1.807, 2.05) is 13.8 Å². The fourth-order valence-corrected chi connectivity index (χ4v) is 10.2. The van der Waals surface area contributed by atoms with Crippen LogP contribution in [0.25, 0.3) is 0 Å². The van der Waals surface area contributed by atoms with E-state index in [1.165, 1.54) is 34.6 Å². The molecule has 0 spiro atoms. The second-order valence-electron chi connectivity index (χ2n) is 27.1. The van der Waals surface area contributed by atoms with Crippen LogP contribution in [0.5, 0.6) is 0 Å². The van der Waals surface area contributed by atoms with Gasteiger partial charge in [0.25, 0.3) is 0 Å². The number of hydrogen-bond donors (Lipinski definition) is 21. The van der Waals surface area contributed by atoms with Gasteiger partial charge in [-0.25, -0.2) is 4.79 Å². The van der Waals surface area contributed by atoms with E-state index in [9.17, 15) is 107 Å². The maximum Gasteiger partial charge on any atom is 0.326 e. The molecule has 0 rings (SSSR count). The minimum absolute atomic E-state index is 0.0495. The van der Waals surface area contributed by atoms with Crippen LogP contribution in [0.2, 0.25) is 0 Å². The first-order valence-electron chi connectivity index (χ1n) is 35.7. The number of rotatable bonds is 54. The summed E-state index contributed by atoms with van der Waals surface area (Å²) in [5.41, 5.74) is 17.3. The van der Waals surface area contributed by atoms with Crippen LogP contribution in [-0.2, 0) is 86.3 Å². The summed E-state index contributed by atoms with van der Waals surface area (Å²) in [5, 5.41) is 79.0. The molecule has 0 aromatic heterocycles. The molecule has 0 aliphatic rings. The Morgan fingerprint density at radius 3 is 0.858 bits per heavy atom. The lowest BCUT2D eigenvalue weighted by molar-refractivity contribution is -0.143. The first kappa shape index (κ1) is 96.3. The van der Waals surface area contributed by atoms with Gasteiger partial charge in [0.1, 0.15) is 78.5 Å². The van der Waals surface area contributed by atoms with E-state index in [4.69, 9.17) is 22.3 Å². The summed E-state index contributed by atoms with van der Waals surface area (Å²) in [6, 6.07) is -20.5. The largest absolute Gasteiger partial charge is 0.481 e. The van der Waals surface area contributed by atoms with Crippen LogP contribution in [-0.4, -0.2) is 230 Å². The van der Waals surface area contributed by atoms with E-state index < -0.39 is 260 Å². The lowest BCUT2D eigenvalue weighted by Gasteiger charge is -2.30. The maximum atomic E-state index is 14.3. The van der Waals surface area contributed by atoms with Gasteiger partial charge in [0.15, 0.2) is 0 Å². The van der Waals surface area contributed by atoms with Gasteiger partial charge < -0.3 is 112 Å². The summed E-state index contributed by atoms with van der Waals surface area (Å²) >= 11 is 0. The molecule has 13 amide bonds. The Hall–Kier alpha value is -9.66. The average Bonchev–Trinajstić information content (AvgIpc) is 0.834. The van der Waals surface area contributed by atoms with E-state index in [0.29, 0.717) is 19.3 Å². The second-order valence-corrected chi connectivity index (χ2v) is 27.1. The van der Waals surface area contributed by atoms with Gasteiger partial charge in [-0.2, -0.15) is 0 Å². The monoisotopic (exact) mass is 1510 g/mol. The van der Waals surface area contributed by atoms with Gasteiger partial charge in [-0.3, -0.25) is 81.5 Å². The minimum atomic E-state index is -1.71. The van der Waals surface area contributed by atoms with Gasteiger partial charge >= 0.3 is 29.8 Å². The quantitative estimate of drug-likeness (QED) is 0.0261. The highest BCUT2D eigenvalue weighted by atomic mass is 16.4. The number of hydrogen-bond acceptors (Lipinski definition) is 21. The molecular formula is C67H116N16O23. The highest BCUT2D eigenvalue weighted by Gasteiger charge is 2.39. The Bertz CT molecular complexity index is 3010. The first-order chi connectivity index (χ1) is 49.5. The molecule has 0 unspecified atom stereocenters. The van der Waals surface area contributed by atoms with Crippen molar-refractivity contribution in [3.05, 3.63) is 0 Å². The van der Waals surface area contributed by atoms with E-state index in [1.54, 1.807) is 34.6 Å². The molecule has 0 aromatic rings. The normalized spacial score (nSPS) is 15.7. The predicted molar refractivity (Wildman–Crippen MR) is 380 cm³/mol. The molecule has 16 atom stereocenters. The van der Waals surface area contributed by atoms with E-state index in [0.717, 1.165) is 0 Å². The molecule has 106 heavy (non-hydrogen) atoms. The van der Waals surface area contributed by atoms with E-state index in [2.05, 4.69) is 69.1 Å². The molecule has 0 aliphatic carbocycles. The highest BCUT2D eigenvalue weighted by molar-refractivity contribution is 6.00. The zero-order valence-corrected chi connectivity index (χ0v) is 62.6. The number of unbranched alkanes of at least 4 members (excludes halogenated alkanes) is 2. The van der Waals surface area contributed by atoms with Gasteiger partial charge in [0, 0.05) is 25.7 Å². The SMILES string of the molecule is CC[C@H](C)[C@H](NC(=O)[C@H](C)NC(=O)[C@H](CCC(=O)O)NC(=O)[C@H](C)NC(=O)[C@@H](NC(=O)[C@@H](NC(=O)[C@H](CCCCN)NC(=O)[C@H](CCC(=O)O)NC(=O)[C@H](C)NC(=O)[C@@H](N)CC(C)C)[C@@H](C)CC)C(C)C)C(=O)N[C@@H](CCC(=O)O)C(=O)N[C@@H](CCCCN)C(=O)N[C@@H](C)C(=O)N[C@@H](CCC(=O)O)C(=O)O. The molecule has 0 saturated heterocycles. The van der Waals surface area contributed by atoms with Gasteiger partial charge in [0.2, 0.25) is 76.8 Å². The number of amides is 13. The zero-order chi connectivity index (χ0) is 81.4. The van der Waals surface area contributed by atoms with Crippen LogP contribution in [0.15, 0.2) is 0 Å². The number of carbonyl (C=O) groups excluding carboxylic acids is 13. The second kappa shape index (κ2) is 49.9. The van der Waals surface area contributed by atoms with Crippen molar-refractivity contribution in [3.8, 4) is 0 Å². The molecule has 0 bridgehead atoms. The Balaban J connectivity index is 6.67. The molecule has 24 N–H and O–H groups in total. The Kier molecular flexibility index (Phi) is 45.4. The first-order valence-corrected chi connectivity index (χ1v) is 35.7. The standard InChI is InChI=1S/C67H116N16O23/c1-13-34(7)52(65(103)79-45(23-27-49(88)89)62(100)77-41(19-15-17-29-68)59(97)72-37(10)56(94)80-46(67(105)106)24-28-50(90)91)82-57(95)39(12)73-60(98)43(21-25-47(84)85)75-55(93)38(11)74-64(102)51(33(5)6)81-66(104)53(35(8)14-2)83-63(101)42(20-16-18-30-69)78-61(99)44(22-26-48(86)87)76-54(92)36(9)71-58(96)40(70)31-32(3)4/h32-46,51-53H,13-31,68-70H2,1-12H3,(H,71,96)(H,72,97)(H,73,98)(H,74,102)(H,75,93)(H,76,92)(H,77,100)(H,78,99)(H,79,103)(H,80,94)(H,81,104)(H,82,95)(H,83,101)(H,84,85)(H,86,87)(H,88,89)(H,90,91)(H,105,106)/t34-,35-,36-,37-,38-,39-,40-,41-,42-,43-,44-,45-,46-,51-,52-,53-/m0/s1. The van der Waals surface area contributed by atoms with Crippen LogP contribution in [0, 0.1) is 23.7 Å². The van der Waals surface area contributed by atoms with Crippen molar-refractivity contribution in [1.82, 2.24) is 69.1 Å². The van der Waals surface area contributed by atoms with Crippen LogP contribution >= 0.6 is 0 Å². The van der Waals surface area contributed by atoms with Gasteiger partial charge in [-0.1, -0.05) is 68.2 Å². The number of nitrogens with one attached hydrogen (secondary N) is 13.